The van der Waals surface area contributed by atoms with E-state index in [9.17, 15) is 19.5 Å². The van der Waals surface area contributed by atoms with E-state index in [0.717, 1.165) is 40.7 Å². The van der Waals surface area contributed by atoms with Crippen LogP contribution in [-0.2, 0) is 16.1 Å². The third kappa shape index (κ3) is 8.86. The molecule has 4 aromatic rings. The fraction of sp³-hybridized carbons (Fsp3) is 0.372. The van der Waals surface area contributed by atoms with Crippen LogP contribution >= 0.6 is 0 Å². The lowest BCUT2D eigenvalue weighted by molar-refractivity contribution is -0.122. The molecule has 0 radical (unpaired) electrons. The second-order valence-corrected chi connectivity index (χ2v) is 14.2. The number of carbonyl (C=O) groups is 3. The van der Waals surface area contributed by atoms with Gasteiger partial charge in [0, 0.05) is 26.2 Å². The van der Waals surface area contributed by atoms with Crippen LogP contribution in [0.2, 0.25) is 0 Å². The molecule has 3 atom stereocenters. The van der Waals surface area contributed by atoms with Crippen LogP contribution < -0.4 is 29.7 Å². The number of rotatable bonds is 15. The van der Waals surface area contributed by atoms with Crippen LogP contribution in [0.15, 0.2) is 78.9 Å². The second kappa shape index (κ2) is 17.2. The molecule has 1 fully saturated rings. The summed E-state index contributed by atoms with van der Waals surface area (Å²) in [6, 6.07) is 24.3. The van der Waals surface area contributed by atoms with Gasteiger partial charge in [-0.3, -0.25) is 14.4 Å². The van der Waals surface area contributed by atoms with Crippen LogP contribution in [0.5, 0.6) is 17.2 Å². The number of ketones is 1. The maximum absolute atomic E-state index is 13.5. The predicted molar refractivity (Wildman–Crippen MR) is 207 cm³/mol. The minimum Gasteiger partial charge on any atom is -0.493 e. The van der Waals surface area contributed by atoms with E-state index in [0.29, 0.717) is 41.6 Å². The summed E-state index contributed by atoms with van der Waals surface area (Å²) in [5, 5.41) is 17.4. The highest BCUT2D eigenvalue weighted by atomic mass is 16.5. The maximum Gasteiger partial charge on any atom is 0.256 e. The molecular weight excluding hydrogens is 684 g/mol. The highest BCUT2D eigenvalue weighted by Crippen LogP contribution is 2.40. The average molecular weight is 735 g/mol. The lowest BCUT2D eigenvalue weighted by atomic mass is 9.93. The zero-order valence-corrected chi connectivity index (χ0v) is 31.7. The van der Waals surface area contributed by atoms with Gasteiger partial charge >= 0.3 is 0 Å². The number of aliphatic hydroxyl groups is 1. The lowest BCUT2D eigenvalue weighted by Gasteiger charge is -2.31. The van der Waals surface area contributed by atoms with E-state index >= 15 is 0 Å². The van der Waals surface area contributed by atoms with Crippen molar-refractivity contribution in [2.24, 2.45) is 0 Å². The Morgan fingerprint density at radius 2 is 1.67 bits per heavy atom. The van der Waals surface area contributed by atoms with Gasteiger partial charge in [0.15, 0.2) is 17.3 Å². The van der Waals surface area contributed by atoms with Gasteiger partial charge in [-0.15, -0.1) is 0 Å². The Morgan fingerprint density at radius 1 is 0.926 bits per heavy atom. The molecule has 0 bridgehead atoms. The number of aliphatic hydroxyl groups excluding tert-OH is 1. The number of likely N-dealkylation sites (N-methyl/N-ethyl adjacent to an activating group) is 1. The summed E-state index contributed by atoms with van der Waals surface area (Å²) in [7, 11) is 3.27. The van der Waals surface area contributed by atoms with Gasteiger partial charge in [0.2, 0.25) is 5.91 Å². The van der Waals surface area contributed by atoms with Crippen molar-refractivity contribution in [3.8, 4) is 17.2 Å². The number of fused-ring (bicyclic) bond motifs is 2. The van der Waals surface area contributed by atoms with Gasteiger partial charge in [0.1, 0.15) is 18.6 Å². The molecule has 11 heteroatoms. The number of Topliss-reactive ketones (excluding diaryl/α,β-unsaturated/α-hetero) is 1. The summed E-state index contributed by atoms with van der Waals surface area (Å²) in [4.78, 5) is 42.9. The molecule has 2 amide bonds. The van der Waals surface area contributed by atoms with Crippen LogP contribution in [-0.4, -0.2) is 80.3 Å². The molecule has 54 heavy (non-hydrogen) atoms. The quantitative estimate of drug-likeness (QED) is 0.147. The lowest BCUT2D eigenvalue weighted by Crippen LogP contribution is -2.47. The Bertz CT molecular complexity index is 1960. The molecule has 6 rings (SSSR count). The fourth-order valence-corrected chi connectivity index (χ4v) is 7.20. The number of nitrogens with zero attached hydrogens (tertiary/aromatic N) is 2. The molecule has 284 valence electrons. The number of ether oxygens (including phenoxy) is 3. The number of methoxy groups -OCH3 is 1. The topological polar surface area (TPSA) is 130 Å². The normalized spacial score (nSPS) is 17.0. The molecule has 2 aliphatic heterocycles. The standard InChI is InChI=1S/C43H50N4O7/c1-27-8-11-30(12-9-27)24-44-25-32(48)26-54-33-15-13-31(14-16-33)41(34-17-10-28(2)21-29(34)3)45-40(49)18-20-53-39-23-37-35(22-38(39)52-5)42(50)47-19-6-7-36(47)43(51)46(37)4/h8-17,21-23,36,41,43-44,51H,6-7,18-20,24-26H2,1-5H3,(H,45,49)/t36-,41?,43-/m0/s1. The molecule has 2 heterocycles. The highest BCUT2D eigenvalue weighted by Gasteiger charge is 2.41. The molecule has 1 saturated heterocycles. The third-order valence-electron chi connectivity index (χ3n) is 10.2. The van der Waals surface area contributed by atoms with Crippen molar-refractivity contribution < 1.29 is 33.7 Å². The number of hydrogen-bond acceptors (Lipinski definition) is 9. The van der Waals surface area contributed by atoms with Crippen LogP contribution in [0.25, 0.3) is 0 Å². The second-order valence-electron chi connectivity index (χ2n) is 14.2. The van der Waals surface area contributed by atoms with E-state index in [2.05, 4.69) is 16.7 Å². The van der Waals surface area contributed by atoms with Crippen molar-refractivity contribution in [1.82, 2.24) is 15.5 Å². The summed E-state index contributed by atoms with van der Waals surface area (Å²) in [5.74, 6) is 0.878. The summed E-state index contributed by atoms with van der Waals surface area (Å²) in [5.41, 5.74) is 7.25. The maximum atomic E-state index is 13.5. The molecule has 0 spiro atoms. The number of nitrogens with one attached hydrogen (secondary N) is 2. The molecule has 3 N–H and O–H groups in total. The van der Waals surface area contributed by atoms with Crippen LogP contribution in [0.1, 0.15) is 69.0 Å². The first-order valence-corrected chi connectivity index (χ1v) is 18.5. The van der Waals surface area contributed by atoms with Crippen LogP contribution in [0, 0.1) is 20.8 Å². The van der Waals surface area contributed by atoms with Crippen molar-refractivity contribution in [2.45, 2.75) is 64.9 Å². The summed E-state index contributed by atoms with van der Waals surface area (Å²) >= 11 is 0. The van der Waals surface area contributed by atoms with Crippen molar-refractivity contribution >= 4 is 23.3 Å². The molecule has 0 aliphatic carbocycles. The first kappa shape index (κ1) is 38.3. The minimum absolute atomic E-state index is 0.0517. The van der Waals surface area contributed by atoms with Gasteiger partial charge < -0.3 is 39.8 Å². The molecule has 11 nitrogen and oxygen atoms in total. The van der Waals surface area contributed by atoms with Crippen molar-refractivity contribution in [3.05, 3.63) is 118 Å². The molecule has 4 aromatic carbocycles. The molecule has 2 aliphatic rings. The van der Waals surface area contributed by atoms with Gasteiger partial charge in [0.25, 0.3) is 5.91 Å². The molecular formula is C43H50N4O7. The van der Waals surface area contributed by atoms with Crippen LogP contribution in [0.3, 0.4) is 0 Å². The Balaban J connectivity index is 1.08. The number of benzene rings is 4. The Labute approximate surface area is 317 Å². The number of carbonyl (C=O) groups excluding carboxylic acids is 3. The fourth-order valence-electron chi connectivity index (χ4n) is 7.20. The molecule has 0 aromatic heterocycles. The van der Waals surface area contributed by atoms with Gasteiger partial charge in [0.05, 0.1) is 50.0 Å². The highest BCUT2D eigenvalue weighted by molar-refractivity contribution is 6.02. The number of hydrogen-bond donors (Lipinski definition) is 3. The summed E-state index contributed by atoms with van der Waals surface area (Å²) < 4.78 is 17.5. The zero-order chi connectivity index (χ0) is 38.4. The smallest absolute Gasteiger partial charge is 0.256 e. The Morgan fingerprint density at radius 3 is 2.39 bits per heavy atom. The number of anilines is 1. The predicted octanol–water partition coefficient (Wildman–Crippen LogP) is 5.41. The monoisotopic (exact) mass is 734 g/mol. The molecule has 0 saturated carbocycles. The van der Waals surface area contributed by atoms with Gasteiger partial charge in [-0.2, -0.15) is 0 Å². The molecule has 1 unspecified atom stereocenters. The average Bonchev–Trinajstić information content (AvgIpc) is 3.64. The SMILES string of the molecule is COc1cc2c(cc1OCCC(=O)NC(c1ccc(OCC(=O)CNCc3ccc(C)cc3)cc1)c1ccc(C)cc1C)N(C)[C@@H](O)[C@@H]1CCCN1C2=O. The third-order valence-corrected chi connectivity index (χ3v) is 10.2. The van der Waals surface area contributed by atoms with Gasteiger partial charge in [-0.05, 0) is 74.1 Å². The van der Waals surface area contributed by atoms with Gasteiger partial charge in [-0.25, -0.2) is 0 Å². The van der Waals surface area contributed by atoms with Crippen LogP contribution in [0.4, 0.5) is 5.69 Å². The first-order chi connectivity index (χ1) is 26.0. The summed E-state index contributed by atoms with van der Waals surface area (Å²) in [6.07, 6.45) is 0.774. The van der Waals surface area contributed by atoms with E-state index in [1.807, 2.05) is 81.4 Å². The van der Waals surface area contributed by atoms with Gasteiger partial charge in [-0.1, -0.05) is 65.7 Å². The summed E-state index contributed by atoms with van der Waals surface area (Å²) in [6.45, 7) is 7.49. The first-order valence-electron chi connectivity index (χ1n) is 18.5. The zero-order valence-electron chi connectivity index (χ0n) is 31.7. The van der Waals surface area contributed by atoms with Crippen molar-refractivity contribution in [1.29, 1.82) is 0 Å². The Hall–Kier alpha value is -5.39. The van der Waals surface area contributed by atoms with E-state index in [1.165, 1.54) is 12.7 Å². The van der Waals surface area contributed by atoms with E-state index in [-0.39, 0.29) is 49.8 Å². The van der Waals surface area contributed by atoms with Crippen molar-refractivity contribution in [3.63, 3.8) is 0 Å². The minimum atomic E-state index is -0.855. The van der Waals surface area contributed by atoms with E-state index in [1.54, 1.807) is 29.0 Å². The number of amides is 2. The number of aryl methyl sites for hydroxylation is 3. The van der Waals surface area contributed by atoms with E-state index < -0.39 is 12.3 Å². The largest absolute Gasteiger partial charge is 0.493 e. The van der Waals surface area contributed by atoms with E-state index in [4.69, 9.17) is 14.2 Å². The van der Waals surface area contributed by atoms with Crippen molar-refractivity contribution in [2.75, 3.05) is 45.4 Å². The Kier molecular flexibility index (Phi) is 12.2.